The number of ketones is 1. The van der Waals surface area contributed by atoms with Crippen molar-refractivity contribution in [2.24, 2.45) is 5.92 Å². The molecule has 174 valence electrons. The van der Waals surface area contributed by atoms with Crippen molar-refractivity contribution in [3.63, 3.8) is 0 Å². The van der Waals surface area contributed by atoms with E-state index in [4.69, 9.17) is 0 Å². The van der Waals surface area contributed by atoms with Gasteiger partial charge in [0.1, 0.15) is 17.8 Å². The van der Waals surface area contributed by atoms with Crippen LogP contribution in [0.5, 0.6) is 0 Å². The number of hydrogen-bond acceptors (Lipinski definition) is 6. The van der Waals surface area contributed by atoms with Crippen LogP contribution in [0.3, 0.4) is 0 Å². The van der Waals surface area contributed by atoms with E-state index in [1.165, 1.54) is 25.4 Å². The van der Waals surface area contributed by atoms with E-state index in [1.54, 1.807) is 6.20 Å². The fraction of sp³-hybridized carbons (Fsp3) is 0.478. The van der Waals surface area contributed by atoms with Crippen molar-refractivity contribution in [1.29, 1.82) is 0 Å². The number of anilines is 2. The Balaban J connectivity index is 1.33. The lowest BCUT2D eigenvalue weighted by Gasteiger charge is -2.29. The van der Waals surface area contributed by atoms with Gasteiger partial charge in [0.15, 0.2) is 17.4 Å². The van der Waals surface area contributed by atoms with Gasteiger partial charge in [-0.3, -0.25) is 4.79 Å². The van der Waals surface area contributed by atoms with Crippen LogP contribution in [0, 0.1) is 11.7 Å². The summed E-state index contributed by atoms with van der Waals surface area (Å²) in [6.45, 7) is 0.749. The fourth-order valence-corrected chi connectivity index (χ4v) is 4.28. The summed E-state index contributed by atoms with van der Waals surface area (Å²) in [5, 5.41) is 6.74. The van der Waals surface area contributed by atoms with Gasteiger partial charge in [-0.05, 0) is 31.2 Å². The number of carbonyl (C=O) groups excluding carboxylic acids is 1. The molecule has 33 heavy (non-hydrogen) atoms. The second-order valence-electron chi connectivity index (χ2n) is 8.97. The minimum absolute atomic E-state index is 0.0357. The summed E-state index contributed by atoms with van der Waals surface area (Å²) >= 11 is 0. The zero-order valence-electron chi connectivity index (χ0n) is 18.0. The van der Waals surface area contributed by atoms with E-state index >= 15 is 0 Å². The molecular weight excluding hydrogens is 433 g/mol. The highest BCUT2D eigenvalue weighted by Gasteiger charge is 2.35. The highest BCUT2D eigenvalue weighted by atomic mass is 19.3. The standard InChI is InChI=1S/C23H25F3N6O/c24-17-9-14(10-28-20(17)32-15-3-6-23(25,26)7-4-15)19(33)16-11-29-22-18(16)21(30-12-31-22)27-8-5-13-1-2-13/h9-13,15H,1-8H2,(H,28,32)(H2,27,29,30,31). The number of nitrogens with one attached hydrogen (secondary N) is 3. The van der Waals surface area contributed by atoms with Gasteiger partial charge in [0.25, 0.3) is 0 Å². The number of alkyl halides is 2. The number of pyridine rings is 1. The second-order valence-corrected chi connectivity index (χ2v) is 8.97. The third-order valence-corrected chi connectivity index (χ3v) is 6.42. The van der Waals surface area contributed by atoms with Gasteiger partial charge >= 0.3 is 0 Å². The zero-order valence-corrected chi connectivity index (χ0v) is 18.0. The van der Waals surface area contributed by atoms with E-state index < -0.39 is 17.5 Å². The summed E-state index contributed by atoms with van der Waals surface area (Å²) in [6.07, 6.45) is 7.83. The average Bonchev–Trinajstić information content (AvgIpc) is 3.52. The third kappa shape index (κ3) is 4.79. The molecule has 10 heteroatoms. The third-order valence-electron chi connectivity index (χ3n) is 6.42. The molecule has 3 aromatic heterocycles. The predicted molar refractivity (Wildman–Crippen MR) is 118 cm³/mol. The van der Waals surface area contributed by atoms with Crippen molar-refractivity contribution < 1.29 is 18.0 Å². The number of H-pyrrole nitrogens is 1. The molecule has 0 aromatic carbocycles. The first-order valence-corrected chi connectivity index (χ1v) is 11.3. The highest BCUT2D eigenvalue weighted by molar-refractivity contribution is 6.17. The van der Waals surface area contributed by atoms with Gasteiger partial charge in [0.2, 0.25) is 5.92 Å². The maximum atomic E-state index is 14.7. The largest absolute Gasteiger partial charge is 0.369 e. The van der Waals surface area contributed by atoms with Crippen LogP contribution in [0.25, 0.3) is 11.0 Å². The van der Waals surface area contributed by atoms with Crippen LogP contribution in [0.15, 0.2) is 24.8 Å². The molecule has 2 aliphatic rings. The van der Waals surface area contributed by atoms with Gasteiger partial charge < -0.3 is 15.6 Å². The number of rotatable bonds is 8. The molecule has 0 aliphatic heterocycles. The topological polar surface area (TPSA) is 95.6 Å². The second kappa shape index (κ2) is 8.64. The Morgan fingerprint density at radius 1 is 1.12 bits per heavy atom. The Kier molecular flexibility index (Phi) is 5.67. The van der Waals surface area contributed by atoms with Gasteiger partial charge in [-0.2, -0.15) is 0 Å². The maximum absolute atomic E-state index is 14.7. The number of aromatic amines is 1. The molecule has 3 heterocycles. The molecule has 2 saturated carbocycles. The minimum Gasteiger partial charge on any atom is -0.369 e. The Morgan fingerprint density at radius 2 is 1.91 bits per heavy atom. The van der Waals surface area contributed by atoms with E-state index in [2.05, 4.69) is 30.6 Å². The molecule has 2 fully saturated rings. The van der Waals surface area contributed by atoms with Gasteiger partial charge in [0.05, 0.1) is 10.9 Å². The van der Waals surface area contributed by atoms with Crippen molar-refractivity contribution >= 4 is 28.5 Å². The Labute approximate surface area is 188 Å². The number of aromatic nitrogens is 4. The van der Waals surface area contributed by atoms with Crippen molar-refractivity contribution in [3.05, 3.63) is 41.7 Å². The monoisotopic (exact) mass is 458 g/mol. The molecule has 3 N–H and O–H groups in total. The van der Waals surface area contributed by atoms with Gasteiger partial charge in [-0.15, -0.1) is 0 Å². The molecule has 0 amide bonds. The van der Waals surface area contributed by atoms with Crippen LogP contribution in [-0.2, 0) is 0 Å². The molecule has 0 bridgehead atoms. The fourth-order valence-electron chi connectivity index (χ4n) is 4.28. The molecule has 0 atom stereocenters. The summed E-state index contributed by atoms with van der Waals surface area (Å²) in [6, 6.07) is 0.848. The molecule has 0 unspecified atom stereocenters. The summed E-state index contributed by atoms with van der Waals surface area (Å²) < 4.78 is 41.4. The van der Waals surface area contributed by atoms with Crippen LogP contribution >= 0.6 is 0 Å². The molecule has 5 rings (SSSR count). The van der Waals surface area contributed by atoms with Crippen LogP contribution in [0.4, 0.5) is 24.8 Å². The number of fused-ring (bicyclic) bond motifs is 1. The smallest absolute Gasteiger partial charge is 0.248 e. The van der Waals surface area contributed by atoms with Crippen molar-refractivity contribution in [2.75, 3.05) is 17.2 Å². The number of halogens is 3. The van der Waals surface area contributed by atoms with Crippen molar-refractivity contribution in [2.45, 2.75) is 56.9 Å². The summed E-state index contributed by atoms with van der Waals surface area (Å²) in [4.78, 5) is 28.7. The Bertz CT molecular complexity index is 1170. The Morgan fingerprint density at radius 3 is 2.64 bits per heavy atom. The first-order valence-electron chi connectivity index (χ1n) is 11.3. The summed E-state index contributed by atoms with van der Waals surface area (Å²) in [7, 11) is 0. The van der Waals surface area contributed by atoms with E-state index in [-0.39, 0.29) is 43.1 Å². The lowest BCUT2D eigenvalue weighted by atomic mass is 9.92. The number of nitrogens with zero attached hydrogens (tertiary/aromatic N) is 3. The first-order chi connectivity index (χ1) is 15.9. The molecule has 7 nitrogen and oxygen atoms in total. The average molecular weight is 458 g/mol. The highest BCUT2D eigenvalue weighted by Crippen LogP contribution is 2.35. The van der Waals surface area contributed by atoms with Gasteiger partial charge in [-0.1, -0.05) is 12.8 Å². The van der Waals surface area contributed by atoms with Gasteiger partial charge in [0, 0.05) is 43.4 Å². The van der Waals surface area contributed by atoms with Crippen molar-refractivity contribution in [3.8, 4) is 0 Å². The van der Waals surface area contributed by atoms with Crippen LogP contribution < -0.4 is 10.6 Å². The van der Waals surface area contributed by atoms with Crippen LogP contribution in [-0.4, -0.2) is 44.2 Å². The minimum atomic E-state index is -2.66. The summed E-state index contributed by atoms with van der Waals surface area (Å²) in [5.41, 5.74) is 0.931. The maximum Gasteiger partial charge on any atom is 0.248 e. The van der Waals surface area contributed by atoms with Gasteiger partial charge in [-0.25, -0.2) is 28.1 Å². The van der Waals surface area contributed by atoms with E-state index in [1.807, 2.05) is 0 Å². The van der Waals surface area contributed by atoms with Crippen LogP contribution in [0.2, 0.25) is 0 Å². The number of carbonyl (C=O) groups is 1. The predicted octanol–water partition coefficient (Wildman–Crippen LogP) is 4.92. The van der Waals surface area contributed by atoms with E-state index in [0.29, 0.717) is 22.4 Å². The van der Waals surface area contributed by atoms with E-state index in [9.17, 15) is 18.0 Å². The molecule has 2 aliphatic carbocycles. The SMILES string of the molecule is O=C(c1cnc(NC2CCC(F)(F)CC2)c(F)c1)c1c[nH]c2ncnc(NCCC3CC3)c12. The van der Waals surface area contributed by atoms with E-state index in [0.717, 1.165) is 24.9 Å². The number of hydrogen-bond donors (Lipinski definition) is 3. The molecular formula is C23H25F3N6O. The first kappa shape index (κ1) is 21.7. The normalized spacial score (nSPS) is 18.4. The quantitative estimate of drug-likeness (QED) is 0.415. The molecule has 0 radical (unpaired) electrons. The lowest BCUT2D eigenvalue weighted by Crippen LogP contribution is -2.32. The summed E-state index contributed by atoms with van der Waals surface area (Å²) in [5.74, 6) is -2.48. The van der Waals surface area contributed by atoms with Crippen LogP contribution in [0.1, 0.15) is 60.9 Å². The van der Waals surface area contributed by atoms with Crippen molar-refractivity contribution in [1.82, 2.24) is 19.9 Å². The Hall–Kier alpha value is -3.17. The zero-order chi connectivity index (χ0) is 23.0. The lowest BCUT2D eigenvalue weighted by molar-refractivity contribution is -0.0361. The molecule has 3 aromatic rings. The molecule has 0 saturated heterocycles. The molecule has 0 spiro atoms.